The summed E-state index contributed by atoms with van der Waals surface area (Å²) in [5.41, 5.74) is 1.02. The second-order valence-electron chi connectivity index (χ2n) is 5.69. The molecule has 1 saturated heterocycles. The van der Waals surface area contributed by atoms with Crippen molar-refractivity contribution in [2.24, 2.45) is 0 Å². The van der Waals surface area contributed by atoms with Gasteiger partial charge in [0.25, 0.3) is 0 Å². The van der Waals surface area contributed by atoms with E-state index in [1.54, 1.807) is 0 Å². The minimum Gasteiger partial charge on any atom is -0.481 e. The number of nitrogens with zero attached hydrogens (tertiary/aromatic N) is 1. The van der Waals surface area contributed by atoms with E-state index < -0.39 is 21.2 Å². The van der Waals surface area contributed by atoms with E-state index >= 15 is 0 Å². The first-order valence-corrected chi connectivity index (χ1v) is 9.44. The van der Waals surface area contributed by atoms with Crippen molar-refractivity contribution in [1.82, 2.24) is 0 Å². The maximum absolute atomic E-state index is 11.5. The van der Waals surface area contributed by atoms with Gasteiger partial charge in [-0.05, 0) is 46.5 Å². The molecule has 1 N–H and O–H groups in total. The molecule has 0 atom stereocenters. The number of rotatable bonds is 3. The molecule has 1 aromatic rings. The summed E-state index contributed by atoms with van der Waals surface area (Å²) in [6, 6.07) is 5.60. The summed E-state index contributed by atoms with van der Waals surface area (Å²) >= 11 is 3.50. The topological polar surface area (TPSA) is 74.7 Å². The summed E-state index contributed by atoms with van der Waals surface area (Å²) in [5.74, 6) is -0.438. The van der Waals surface area contributed by atoms with E-state index in [2.05, 4.69) is 15.9 Å². The monoisotopic (exact) mass is 373 g/mol. The van der Waals surface area contributed by atoms with Crippen LogP contribution in [0, 0.1) is 0 Å². The molecule has 114 valence electrons. The lowest BCUT2D eigenvalue weighted by Gasteiger charge is -2.30. The van der Waals surface area contributed by atoms with Gasteiger partial charge >= 0.3 is 5.97 Å². The normalized spacial score (nSPS) is 22.8. The summed E-state index contributed by atoms with van der Waals surface area (Å²) in [6.07, 6.45) is 1.35. The van der Waals surface area contributed by atoms with Gasteiger partial charge < -0.3 is 10.0 Å². The van der Waals surface area contributed by atoms with Crippen molar-refractivity contribution in [3.63, 3.8) is 0 Å². The Morgan fingerprint density at radius 1 is 1.24 bits per heavy atom. The Kier molecular flexibility index (Phi) is 3.52. The Bertz CT molecular complexity index is 683. The molecule has 7 heteroatoms. The van der Waals surface area contributed by atoms with Crippen molar-refractivity contribution in [2.75, 3.05) is 29.5 Å². The molecular weight excluding hydrogens is 358 g/mol. The molecule has 0 aromatic heterocycles. The third-order valence-electron chi connectivity index (χ3n) is 4.34. The number of benzene rings is 1. The van der Waals surface area contributed by atoms with Gasteiger partial charge in [0.1, 0.15) is 0 Å². The second kappa shape index (κ2) is 4.98. The molecular formula is C14H16BrNO4S. The zero-order chi connectivity index (χ0) is 15.3. The SMILES string of the molecule is O=C(O)C1(c2ccc(N3CCS(=O)(=O)CC3)c(Br)c2)CC1. The lowest BCUT2D eigenvalue weighted by molar-refractivity contribution is -0.140. The van der Waals surface area contributed by atoms with Gasteiger partial charge in [-0.15, -0.1) is 0 Å². The highest BCUT2D eigenvalue weighted by molar-refractivity contribution is 9.10. The predicted octanol–water partition coefficient (Wildman–Crippen LogP) is 1.80. The zero-order valence-electron chi connectivity index (χ0n) is 11.4. The molecule has 1 aromatic carbocycles. The van der Waals surface area contributed by atoms with E-state index in [0.717, 1.165) is 15.7 Å². The molecule has 21 heavy (non-hydrogen) atoms. The summed E-state index contributed by atoms with van der Waals surface area (Å²) in [4.78, 5) is 13.4. The Labute approximate surface area is 132 Å². The number of halogens is 1. The van der Waals surface area contributed by atoms with E-state index in [9.17, 15) is 18.3 Å². The van der Waals surface area contributed by atoms with Crippen LogP contribution in [0.3, 0.4) is 0 Å². The van der Waals surface area contributed by atoms with Crippen LogP contribution in [-0.4, -0.2) is 44.1 Å². The number of hydrogen-bond acceptors (Lipinski definition) is 4. The Morgan fingerprint density at radius 2 is 1.86 bits per heavy atom. The average Bonchev–Trinajstić information content (AvgIpc) is 3.21. The van der Waals surface area contributed by atoms with E-state index in [1.807, 2.05) is 23.1 Å². The smallest absolute Gasteiger partial charge is 0.314 e. The molecule has 0 unspecified atom stereocenters. The maximum Gasteiger partial charge on any atom is 0.314 e. The van der Waals surface area contributed by atoms with Crippen LogP contribution in [0.2, 0.25) is 0 Å². The molecule has 0 radical (unpaired) electrons. The standard InChI is InChI=1S/C14H16BrNO4S/c15-11-9-10(14(3-4-14)13(17)18)1-2-12(11)16-5-7-21(19,20)8-6-16/h1-2,9H,3-8H2,(H,17,18). The van der Waals surface area contributed by atoms with Gasteiger partial charge in [0, 0.05) is 17.6 Å². The van der Waals surface area contributed by atoms with Crippen molar-refractivity contribution in [2.45, 2.75) is 18.3 Å². The lowest BCUT2D eigenvalue weighted by atomic mass is 9.96. The molecule has 5 nitrogen and oxygen atoms in total. The highest BCUT2D eigenvalue weighted by Gasteiger charge is 2.51. The van der Waals surface area contributed by atoms with Crippen molar-refractivity contribution in [3.8, 4) is 0 Å². The van der Waals surface area contributed by atoms with Gasteiger partial charge in [-0.1, -0.05) is 6.07 Å². The van der Waals surface area contributed by atoms with Crippen LogP contribution >= 0.6 is 15.9 Å². The summed E-state index contributed by atoms with van der Waals surface area (Å²) in [6.45, 7) is 0.953. The van der Waals surface area contributed by atoms with Crippen LogP contribution in [0.15, 0.2) is 22.7 Å². The fraction of sp³-hybridized carbons (Fsp3) is 0.500. The van der Waals surface area contributed by atoms with Crippen molar-refractivity contribution >= 4 is 37.4 Å². The first-order valence-electron chi connectivity index (χ1n) is 6.83. The molecule has 0 spiro atoms. The highest BCUT2D eigenvalue weighted by atomic mass is 79.9. The second-order valence-corrected chi connectivity index (χ2v) is 8.85. The van der Waals surface area contributed by atoms with E-state index in [4.69, 9.17) is 0 Å². The Morgan fingerprint density at radius 3 is 2.33 bits per heavy atom. The fourth-order valence-corrected chi connectivity index (χ4v) is 4.60. The average molecular weight is 374 g/mol. The fourth-order valence-electron chi connectivity index (χ4n) is 2.77. The van der Waals surface area contributed by atoms with Crippen molar-refractivity contribution in [1.29, 1.82) is 0 Å². The molecule has 2 aliphatic rings. The Balaban J connectivity index is 1.84. The van der Waals surface area contributed by atoms with E-state index in [0.29, 0.717) is 25.9 Å². The third-order valence-corrected chi connectivity index (χ3v) is 6.59. The number of anilines is 1. The first kappa shape index (κ1) is 14.8. The van der Waals surface area contributed by atoms with E-state index in [1.165, 1.54) is 0 Å². The van der Waals surface area contributed by atoms with Crippen LogP contribution in [0.5, 0.6) is 0 Å². The number of carboxylic acid groups (broad SMARTS) is 1. The minimum atomic E-state index is -2.90. The quantitative estimate of drug-likeness (QED) is 0.874. The zero-order valence-corrected chi connectivity index (χ0v) is 13.8. The molecule has 1 saturated carbocycles. The number of sulfone groups is 1. The van der Waals surface area contributed by atoms with Crippen LogP contribution in [0.4, 0.5) is 5.69 Å². The molecule has 0 bridgehead atoms. The van der Waals surface area contributed by atoms with Gasteiger partial charge in [0.2, 0.25) is 0 Å². The number of carbonyl (C=O) groups is 1. The minimum absolute atomic E-state index is 0.167. The van der Waals surface area contributed by atoms with Gasteiger partial charge in [0.15, 0.2) is 9.84 Å². The predicted molar refractivity (Wildman–Crippen MR) is 83.6 cm³/mol. The van der Waals surface area contributed by atoms with Crippen molar-refractivity contribution < 1.29 is 18.3 Å². The molecule has 1 aliphatic heterocycles. The number of carboxylic acids is 1. The van der Waals surface area contributed by atoms with Crippen LogP contribution in [-0.2, 0) is 20.0 Å². The molecule has 0 amide bonds. The number of aliphatic carboxylic acids is 1. The van der Waals surface area contributed by atoms with Crippen molar-refractivity contribution in [3.05, 3.63) is 28.2 Å². The third kappa shape index (κ3) is 2.68. The number of hydrogen-bond donors (Lipinski definition) is 1. The van der Waals surface area contributed by atoms with Gasteiger partial charge in [-0.3, -0.25) is 4.79 Å². The van der Waals surface area contributed by atoms with Crippen LogP contribution in [0.1, 0.15) is 18.4 Å². The highest BCUT2D eigenvalue weighted by Crippen LogP contribution is 2.49. The van der Waals surface area contributed by atoms with E-state index in [-0.39, 0.29) is 11.5 Å². The molecule has 1 heterocycles. The first-order chi connectivity index (χ1) is 9.84. The Hall–Kier alpha value is -1.08. The molecule has 2 fully saturated rings. The lowest BCUT2D eigenvalue weighted by Crippen LogP contribution is -2.40. The van der Waals surface area contributed by atoms with Gasteiger partial charge in [-0.2, -0.15) is 0 Å². The summed E-state index contributed by atoms with van der Waals surface area (Å²) in [5, 5.41) is 9.33. The molecule has 1 aliphatic carbocycles. The summed E-state index contributed by atoms with van der Waals surface area (Å²) < 4.78 is 23.8. The molecule has 3 rings (SSSR count). The maximum atomic E-state index is 11.5. The van der Waals surface area contributed by atoms with Gasteiger partial charge in [-0.25, -0.2) is 8.42 Å². The van der Waals surface area contributed by atoms with Crippen LogP contribution < -0.4 is 4.90 Å². The largest absolute Gasteiger partial charge is 0.481 e. The van der Waals surface area contributed by atoms with Crippen LogP contribution in [0.25, 0.3) is 0 Å². The summed E-state index contributed by atoms with van der Waals surface area (Å²) in [7, 11) is -2.90. The van der Waals surface area contributed by atoms with Gasteiger partial charge in [0.05, 0.1) is 22.6 Å².